The van der Waals surface area contributed by atoms with Crippen molar-refractivity contribution in [3.8, 4) is 0 Å². The highest BCUT2D eigenvalue weighted by atomic mass is 16.2. The lowest BCUT2D eigenvalue weighted by Crippen LogP contribution is -2.33. The fourth-order valence-electron chi connectivity index (χ4n) is 1.99. The number of carbonyl (C=O) groups is 1. The van der Waals surface area contributed by atoms with Gasteiger partial charge in [-0.3, -0.25) is 9.59 Å². The van der Waals surface area contributed by atoms with Gasteiger partial charge in [0.05, 0.1) is 0 Å². The molecule has 1 heterocycles. The van der Waals surface area contributed by atoms with E-state index in [1.807, 2.05) is 38.1 Å². The highest BCUT2D eigenvalue weighted by molar-refractivity contribution is 6.04. The number of amides is 1. The van der Waals surface area contributed by atoms with Gasteiger partial charge in [-0.2, -0.15) is 5.10 Å². The molecular weight excluding hydrogens is 254 g/mol. The topological polar surface area (TPSA) is 55.2 Å². The van der Waals surface area contributed by atoms with Crippen LogP contribution in [-0.2, 0) is 7.05 Å². The molecule has 20 heavy (non-hydrogen) atoms. The van der Waals surface area contributed by atoms with Crippen molar-refractivity contribution in [2.45, 2.75) is 13.8 Å². The second-order valence-corrected chi connectivity index (χ2v) is 4.57. The minimum Gasteiger partial charge on any atom is -0.307 e. The van der Waals surface area contributed by atoms with Crippen molar-refractivity contribution < 1.29 is 4.79 Å². The van der Waals surface area contributed by atoms with E-state index in [1.54, 1.807) is 4.90 Å². The third-order valence-electron chi connectivity index (χ3n) is 3.05. The molecule has 0 saturated carbocycles. The largest absolute Gasteiger partial charge is 0.307 e. The smallest absolute Gasteiger partial charge is 0.278 e. The van der Waals surface area contributed by atoms with E-state index in [-0.39, 0.29) is 17.2 Å². The second kappa shape index (κ2) is 5.69. The van der Waals surface area contributed by atoms with Crippen LogP contribution in [-0.4, -0.2) is 22.2 Å². The van der Waals surface area contributed by atoms with E-state index in [4.69, 9.17) is 0 Å². The lowest BCUT2D eigenvalue weighted by Gasteiger charge is -2.21. The molecule has 2 aromatic rings. The Hall–Kier alpha value is -2.43. The van der Waals surface area contributed by atoms with Crippen molar-refractivity contribution in [3.63, 3.8) is 0 Å². The standard InChI is InChI=1S/C15H17N3O2/c1-4-18(12-7-5-6-11(2)10-12)15(20)13-8-9-14(19)17(3)16-13/h5-10H,4H2,1-3H3. The zero-order valence-corrected chi connectivity index (χ0v) is 11.8. The van der Waals surface area contributed by atoms with Crippen molar-refractivity contribution in [1.29, 1.82) is 0 Å². The summed E-state index contributed by atoms with van der Waals surface area (Å²) < 4.78 is 1.16. The fraction of sp³-hybridized carbons (Fsp3) is 0.267. The van der Waals surface area contributed by atoms with E-state index in [1.165, 1.54) is 19.2 Å². The van der Waals surface area contributed by atoms with E-state index >= 15 is 0 Å². The predicted molar refractivity (Wildman–Crippen MR) is 78.0 cm³/mol. The third kappa shape index (κ3) is 2.77. The lowest BCUT2D eigenvalue weighted by atomic mass is 10.2. The first-order valence-corrected chi connectivity index (χ1v) is 6.46. The maximum atomic E-state index is 12.5. The average molecular weight is 271 g/mol. The van der Waals surface area contributed by atoms with Crippen molar-refractivity contribution >= 4 is 11.6 Å². The number of carbonyl (C=O) groups excluding carboxylic acids is 1. The first-order chi connectivity index (χ1) is 9.52. The number of aromatic nitrogens is 2. The minimum atomic E-state index is -0.236. The first kappa shape index (κ1) is 14.0. The molecule has 0 aliphatic carbocycles. The van der Waals surface area contributed by atoms with Gasteiger partial charge in [0.15, 0.2) is 0 Å². The number of rotatable bonds is 3. The van der Waals surface area contributed by atoms with Gasteiger partial charge in [-0.1, -0.05) is 12.1 Å². The maximum absolute atomic E-state index is 12.5. The maximum Gasteiger partial charge on any atom is 0.278 e. The predicted octanol–water partition coefficient (Wildman–Crippen LogP) is 1.76. The molecule has 0 saturated heterocycles. The molecule has 0 aliphatic heterocycles. The highest BCUT2D eigenvalue weighted by Crippen LogP contribution is 2.17. The molecule has 104 valence electrons. The fourth-order valence-corrected chi connectivity index (χ4v) is 1.99. The molecule has 1 aromatic heterocycles. The lowest BCUT2D eigenvalue weighted by molar-refractivity contribution is 0.0981. The van der Waals surface area contributed by atoms with Crippen LogP contribution in [0.15, 0.2) is 41.2 Å². The molecular formula is C15H17N3O2. The Morgan fingerprint density at radius 2 is 2.05 bits per heavy atom. The van der Waals surface area contributed by atoms with Gasteiger partial charge in [0.2, 0.25) is 0 Å². The number of hydrogen-bond acceptors (Lipinski definition) is 3. The summed E-state index contributed by atoms with van der Waals surface area (Å²) in [5, 5.41) is 4.00. The Balaban J connectivity index is 2.38. The van der Waals surface area contributed by atoms with Gasteiger partial charge in [0, 0.05) is 25.3 Å². The van der Waals surface area contributed by atoms with Gasteiger partial charge in [0.25, 0.3) is 11.5 Å². The zero-order valence-electron chi connectivity index (χ0n) is 11.8. The van der Waals surface area contributed by atoms with E-state index in [0.29, 0.717) is 6.54 Å². The number of benzene rings is 1. The normalized spacial score (nSPS) is 10.3. The molecule has 0 fully saturated rings. The van der Waals surface area contributed by atoms with Crippen LogP contribution >= 0.6 is 0 Å². The monoisotopic (exact) mass is 271 g/mol. The minimum absolute atomic E-state index is 0.214. The Morgan fingerprint density at radius 1 is 1.30 bits per heavy atom. The molecule has 5 nitrogen and oxygen atoms in total. The van der Waals surface area contributed by atoms with Crippen LogP contribution in [0.25, 0.3) is 0 Å². The van der Waals surface area contributed by atoms with E-state index in [0.717, 1.165) is 15.9 Å². The SMILES string of the molecule is CCN(C(=O)c1ccc(=O)n(C)n1)c1cccc(C)c1. The summed E-state index contributed by atoms with van der Waals surface area (Å²) >= 11 is 0. The number of anilines is 1. The molecule has 1 amide bonds. The molecule has 0 unspecified atom stereocenters. The number of aryl methyl sites for hydroxylation is 2. The number of nitrogens with zero attached hydrogens (tertiary/aromatic N) is 3. The van der Waals surface area contributed by atoms with Crippen LogP contribution in [0.4, 0.5) is 5.69 Å². The van der Waals surface area contributed by atoms with E-state index in [2.05, 4.69) is 5.10 Å². The molecule has 0 aliphatic rings. The molecule has 0 bridgehead atoms. The first-order valence-electron chi connectivity index (χ1n) is 6.46. The molecule has 0 spiro atoms. The summed E-state index contributed by atoms with van der Waals surface area (Å²) in [6.45, 7) is 4.42. The summed E-state index contributed by atoms with van der Waals surface area (Å²) in [4.78, 5) is 25.5. The van der Waals surface area contributed by atoms with Crippen LogP contribution in [0.2, 0.25) is 0 Å². The Morgan fingerprint density at radius 3 is 2.65 bits per heavy atom. The van der Waals surface area contributed by atoms with Crippen molar-refractivity contribution in [2.75, 3.05) is 11.4 Å². The Kier molecular flexibility index (Phi) is 3.98. The van der Waals surface area contributed by atoms with E-state index in [9.17, 15) is 9.59 Å². The molecule has 1 aromatic carbocycles. The van der Waals surface area contributed by atoms with Gasteiger partial charge < -0.3 is 4.90 Å². The summed E-state index contributed by atoms with van der Waals surface area (Å²) in [7, 11) is 1.53. The third-order valence-corrected chi connectivity index (χ3v) is 3.05. The summed E-state index contributed by atoms with van der Waals surface area (Å²) in [6.07, 6.45) is 0. The summed E-state index contributed by atoms with van der Waals surface area (Å²) in [5.74, 6) is -0.214. The van der Waals surface area contributed by atoms with Crippen molar-refractivity contribution in [3.05, 3.63) is 58.0 Å². The van der Waals surface area contributed by atoms with Crippen LogP contribution < -0.4 is 10.5 Å². The van der Waals surface area contributed by atoms with Crippen molar-refractivity contribution in [2.24, 2.45) is 7.05 Å². The van der Waals surface area contributed by atoms with Crippen LogP contribution in [0, 0.1) is 6.92 Å². The van der Waals surface area contributed by atoms with Gasteiger partial charge in [-0.05, 0) is 37.6 Å². The van der Waals surface area contributed by atoms with Gasteiger partial charge in [-0.25, -0.2) is 4.68 Å². The molecule has 5 heteroatoms. The summed E-state index contributed by atoms with van der Waals surface area (Å²) in [5.41, 5.74) is 1.94. The van der Waals surface area contributed by atoms with Crippen LogP contribution in [0.3, 0.4) is 0 Å². The molecule has 2 rings (SSSR count). The van der Waals surface area contributed by atoms with Crippen LogP contribution in [0.5, 0.6) is 0 Å². The van der Waals surface area contributed by atoms with Gasteiger partial charge in [0.1, 0.15) is 5.69 Å². The van der Waals surface area contributed by atoms with Gasteiger partial charge >= 0.3 is 0 Å². The summed E-state index contributed by atoms with van der Waals surface area (Å²) in [6, 6.07) is 10.5. The molecule has 0 atom stereocenters. The molecule has 0 N–H and O–H groups in total. The molecule has 0 radical (unpaired) electrons. The van der Waals surface area contributed by atoms with Crippen LogP contribution in [0.1, 0.15) is 23.0 Å². The Labute approximate surface area is 117 Å². The van der Waals surface area contributed by atoms with Gasteiger partial charge in [-0.15, -0.1) is 0 Å². The number of hydrogen-bond donors (Lipinski definition) is 0. The zero-order chi connectivity index (χ0) is 14.7. The van der Waals surface area contributed by atoms with E-state index < -0.39 is 0 Å². The van der Waals surface area contributed by atoms with Crippen molar-refractivity contribution in [1.82, 2.24) is 9.78 Å². The quantitative estimate of drug-likeness (QED) is 0.854. The second-order valence-electron chi connectivity index (χ2n) is 4.57. The Bertz CT molecular complexity index is 692. The highest BCUT2D eigenvalue weighted by Gasteiger charge is 2.18. The average Bonchev–Trinajstić information content (AvgIpc) is 2.42.